The fourth-order valence-electron chi connectivity index (χ4n) is 2.60. The summed E-state index contributed by atoms with van der Waals surface area (Å²) in [5.74, 6) is 0.309. The van der Waals surface area contributed by atoms with Crippen molar-refractivity contribution in [1.29, 1.82) is 0 Å². The lowest BCUT2D eigenvalue weighted by atomic mass is 10.1. The summed E-state index contributed by atoms with van der Waals surface area (Å²) in [4.78, 5) is 37.6. The van der Waals surface area contributed by atoms with Crippen LogP contribution in [0.4, 0.5) is 0 Å². The third kappa shape index (κ3) is 4.09. The summed E-state index contributed by atoms with van der Waals surface area (Å²) < 4.78 is 17.2. The van der Waals surface area contributed by atoms with Crippen LogP contribution in [0.5, 0.6) is 5.75 Å². The molecule has 3 aromatic rings. The summed E-state index contributed by atoms with van der Waals surface area (Å²) in [6.07, 6.45) is 0. The molecule has 2 aromatic heterocycles. The van der Waals surface area contributed by atoms with Crippen molar-refractivity contribution in [3.05, 3.63) is 50.5 Å². The number of esters is 1. The Morgan fingerprint density at radius 3 is 2.59 bits per heavy atom. The zero-order chi connectivity index (χ0) is 19.4. The molecule has 0 atom stereocenters. The number of aromatic nitrogens is 2. The first-order valence-electron chi connectivity index (χ1n) is 8.11. The molecule has 2 heterocycles. The maximum atomic E-state index is 12.3. The van der Waals surface area contributed by atoms with E-state index < -0.39 is 17.2 Å². The topological polar surface area (TPSA) is 99.6 Å². The average Bonchev–Trinajstić information content (AvgIpc) is 3.09. The number of ether oxygens (including phenoxy) is 3. The van der Waals surface area contributed by atoms with E-state index in [1.54, 1.807) is 7.11 Å². The molecule has 3 rings (SSSR count). The molecule has 0 saturated heterocycles. The van der Waals surface area contributed by atoms with Crippen LogP contribution < -0.4 is 16.0 Å². The second-order valence-electron chi connectivity index (χ2n) is 5.62. The lowest BCUT2D eigenvalue weighted by Crippen LogP contribution is -2.30. The summed E-state index contributed by atoms with van der Waals surface area (Å²) in [5, 5.41) is 1.83. The van der Waals surface area contributed by atoms with Crippen LogP contribution in [-0.2, 0) is 21.0 Å². The smallest absolute Gasteiger partial charge is 0.330 e. The average molecular weight is 390 g/mol. The van der Waals surface area contributed by atoms with Crippen molar-refractivity contribution in [2.45, 2.75) is 13.7 Å². The Bertz CT molecular complexity index is 1060. The first-order chi connectivity index (χ1) is 13.0. The van der Waals surface area contributed by atoms with E-state index in [9.17, 15) is 14.4 Å². The Morgan fingerprint density at radius 2 is 1.93 bits per heavy atom. The molecule has 0 amide bonds. The second kappa shape index (κ2) is 8.19. The minimum Gasteiger partial charge on any atom is -0.497 e. The van der Waals surface area contributed by atoms with Crippen LogP contribution in [-0.4, -0.2) is 35.8 Å². The Kier molecular flexibility index (Phi) is 5.72. The van der Waals surface area contributed by atoms with Crippen molar-refractivity contribution in [2.24, 2.45) is 0 Å². The highest BCUT2D eigenvalue weighted by Crippen LogP contribution is 2.32. The molecular formula is C18H18N2O6S. The standard InChI is InChI=1S/C18H18N2O6S/c1-11(21)26-8-7-25-10-20-15-14(12-3-5-13(24-2)6-4-12)9-27-16(15)17(22)19-18(20)23/h3-6,9H,7-8,10H2,1-2H3,(H,19,22,23). The Balaban J connectivity index is 1.97. The third-order valence-electron chi connectivity index (χ3n) is 3.86. The van der Waals surface area contributed by atoms with Crippen molar-refractivity contribution in [2.75, 3.05) is 20.3 Å². The van der Waals surface area contributed by atoms with Gasteiger partial charge in [-0.05, 0) is 17.7 Å². The molecule has 0 bridgehead atoms. The van der Waals surface area contributed by atoms with E-state index in [2.05, 4.69) is 4.98 Å². The van der Waals surface area contributed by atoms with Gasteiger partial charge in [-0.1, -0.05) is 12.1 Å². The maximum Gasteiger partial charge on any atom is 0.330 e. The third-order valence-corrected chi connectivity index (χ3v) is 4.83. The number of benzene rings is 1. The van der Waals surface area contributed by atoms with E-state index in [0.717, 1.165) is 11.1 Å². The van der Waals surface area contributed by atoms with E-state index in [-0.39, 0.29) is 19.9 Å². The van der Waals surface area contributed by atoms with Gasteiger partial charge >= 0.3 is 11.7 Å². The summed E-state index contributed by atoms with van der Waals surface area (Å²) >= 11 is 1.26. The summed E-state index contributed by atoms with van der Waals surface area (Å²) in [7, 11) is 1.58. The molecule has 9 heteroatoms. The quantitative estimate of drug-likeness (QED) is 0.489. The fraction of sp³-hybridized carbons (Fsp3) is 0.278. The van der Waals surface area contributed by atoms with Gasteiger partial charge in [-0.25, -0.2) is 4.79 Å². The molecule has 0 aliphatic rings. The number of methoxy groups -OCH3 is 1. The summed E-state index contributed by atoms with van der Waals surface area (Å²) in [6.45, 7) is 1.45. The van der Waals surface area contributed by atoms with E-state index >= 15 is 0 Å². The summed E-state index contributed by atoms with van der Waals surface area (Å²) in [5.41, 5.74) is 1.11. The van der Waals surface area contributed by atoms with Gasteiger partial charge in [0.1, 0.15) is 23.8 Å². The number of carbonyl (C=O) groups is 1. The summed E-state index contributed by atoms with van der Waals surface area (Å²) in [6, 6.07) is 7.34. The Labute approximate surface area is 157 Å². The number of rotatable bonds is 7. The number of H-pyrrole nitrogens is 1. The van der Waals surface area contributed by atoms with Gasteiger partial charge in [0.05, 0.1) is 19.2 Å². The number of hydrogen-bond acceptors (Lipinski definition) is 7. The lowest BCUT2D eigenvalue weighted by Gasteiger charge is -2.10. The van der Waals surface area contributed by atoms with Crippen LogP contribution in [0.15, 0.2) is 39.2 Å². The van der Waals surface area contributed by atoms with E-state index in [1.807, 2.05) is 29.6 Å². The van der Waals surface area contributed by atoms with Crippen molar-refractivity contribution < 1.29 is 19.0 Å². The van der Waals surface area contributed by atoms with Gasteiger partial charge in [0.2, 0.25) is 0 Å². The highest BCUT2D eigenvalue weighted by Gasteiger charge is 2.15. The number of nitrogens with one attached hydrogen (secondary N) is 1. The minimum absolute atomic E-state index is 0.0761. The van der Waals surface area contributed by atoms with Gasteiger partial charge in [-0.3, -0.25) is 19.1 Å². The molecule has 0 saturated carbocycles. The van der Waals surface area contributed by atoms with Crippen LogP contribution in [0, 0.1) is 0 Å². The van der Waals surface area contributed by atoms with Gasteiger partial charge in [-0.15, -0.1) is 11.3 Å². The van der Waals surface area contributed by atoms with Crippen LogP contribution in [0.25, 0.3) is 21.3 Å². The van der Waals surface area contributed by atoms with E-state index in [4.69, 9.17) is 14.2 Å². The van der Waals surface area contributed by atoms with Gasteiger partial charge < -0.3 is 14.2 Å². The minimum atomic E-state index is -0.562. The monoisotopic (exact) mass is 390 g/mol. The first-order valence-corrected chi connectivity index (χ1v) is 8.99. The number of aromatic amines is 1. The van der Waals surface area contributed by atoms with Crippen LogP contribution in [0.3, 0.4) is 0 Å². The van der Waals surface area contributed by atoms with Crippen LogP contribution in [0.2, 0.25) is 0 Å². The molecule has 0 aliphatic heterocycles. The van der Waals surface area contributed by atoms with Gasteiger partial charge in [0.25, 0.3) is 5.56 Å². The molecule has 0 aliphatic carbocycles. The highest BCUT2D eigenvalue weighted by molar-refractivity contribution is 7.17. The fourth-order valence-corrected chi connectivity index (χ4v) is 3.58. The molecule has 1 N–H and O–H groups in total. The predicted molar refractivity (Wildman–Crippen MR) is 101 cm³/mol. The zero-order valence-electron chi connectivity index (χ0n) is 14.8. The number of carbonyl (C=O) groups excluding carboxylic acids is 1. The largest absolute Gasteiger partial charge is 0.497 e. The van der Waals surface area contributed by atoms with Gasteiger partial charge in [-0.2, -0.15) is 0 Å². The second-order valence-corrected chi connectivity index (χ2v) is 6.50. The van der Waals surface area contributed by atoms with Crippen LogP contribution >= 0.6 is 11.3 Å². The highest BCUT2D eigenvalue weighted by atomic mass is 32.1. The SMILES string of the molecule is COc1ccc(-c2csc3c(=O)[nH]c(=O)n(COCCOC(C)=O)c23)cc1. The first kappa shape index (κ1) is 18.9. The molecule has 0 unspecified atom stereocenters. The molecule has 1 aromatic carbocycles. The lowest BCUT2D eigenvalue weighted by molar-refractivity contribution is -0.142. The number of thiophene rings is 1. The van der Waals surface area contributed by atoms with E-state index in [0.29, 0.717) is 16.0 Å². The molecule has 8 nitrogen and oxygen atoms in total. The van der Waals surface area contributed by atoms with Crippen molar-refractivity contribution in [3.8, 4) is 16.9 Å². The predicted octanol–water partition coefficient (Wildman–Crippen LogP) is 1.96. The molecule has 0 radical (unpaired) electrons. The van der Waals surface area contributed by atoms with E-state index in [1.165, 1.54) is 22.8 Å². The number of fused-ring (bicyclic) bond motifs is 1. The number of hydrogen-bond donors (Lipinski definition) is 1. The Morgan fingerprint density at radius 1 is 1.19 bits per heavy atom. The molecule has 0 fully saturated rings. The Hall–Kier alpha value is -2.91. The normalized spacial score (nSPS) is 10.9. The van der Waals surface area contributed by atoms with Gasteiger partial charge in [0, 0.05) is 17.9 Å². The van der Waals surface area contributed by atoms with Crippen LogP contribution in [0.1, 0.15) is 6.92 Å². The molecule has 142 valence electrons. The molecular weight excluding hydrogens is 372 g/mol. The molecule has 0 spiro atoms. The van der Waals surface area contributed by atoms with Crippen molar-refractivity contribution in [3.63, 3.8) is 0 Å². The van der Waals surface area contributed by atoms with Gasteiger partial charge in [0.15, 0.2) is 0 Å². The zero-order valence-corrected chi connectivity index (χ0v) is 15.6. The van der Waals surface area contributed by atoms with Crippen molar-refractivity contribution in [1.82, 2.24) is 9.55 Å². The molecule has 27 heavy (non-hydrogen) atoms. The maximum absolute atomic E-state index is 12.3. The number of nitrogens with zero attached hydrogens (tertiary/aromatic N) is 1. The van der Waals surface area contributed by atoms with Crippen molar-refractivity contribution >= 4 is 27.5 Å².